The highest BCUT2D eigenvalue weighted by Gasteiger charge is 2.05. The Morgan fingerprint density at radius 1 is 1.04 bits per heavy atom. The van der Waals surface area contributed by atoms with Crippen LogP contribution in [0.5, 0.6) is 0 Å². The Morgan fingerprint density at radius 3 is 2.33 bits per heavy atom. The van der Waals surface area contributed by atoms with Gasteiger partial charge < -0.3 is 10.6 Å². The van der Waals surface area contributed by atoms with Gasteiger partial charge in [-0.2, -0.15) is 5.26 Å². The third-order valence-corrected chi connectivity index (χ3v) is 4.29. The van der Waals surface area contributed by atoms with Crippen molar-refractivity contribution in [1.82, 2.24) is 4.98 Å². The van der Waals surface area contributed by atoms with E-state index in [1.165, 1.54) is 11.3 Å². The van der Waals surface area contributed by atoms with Gasteiger partial charge in [0.1, 0.15) is 16.6 Å². The van der Waals surface area contributed by atoms with E-state index < -0.39 is 0 Å². The number of aryl methyl sites for hydroxylation is 1. The molecule has 0 aliphatic carbocycles. The van der Waals surface area contributed by atoms with Gasteiger partial charge in [-0.15, -0.1) is 11.3 Å². The third-order valence-electron chi connectivity index (χ3n) is 3.30. The Hall–Kier alpha value is -3.10. The molecule has 2 aromatic carbocycles. The first-order valence-corrected chi connectivity index (χ1v) is 8.34. The lowest BCUT2D eigenvalue weighted by atomic mass is 10.2. The minimum atomic E-state index is 0.527. The zero-order valence-electron chi connectivity index (χ0n) is 13.2. The van der Waals surface area contributed by atoms with Gasteiger partial charge in [0, 0.05) is 34.3 Å². The SMILES string of the molecule is Cc1csc(/C(C#N)=C/Nc2ccc(Nc3ccccc3)cc2)n1. The maximum Gasteiger partial charge on any atom is 0.135 e. The van der Waals surface area contributed by atoms with Gasteiger partial charge in [-0.3, -0.25) is 0 Å². The van der Waals surface area contributed by atoms with Gasteiger partial charge in [0.2, 0.25) is 0 Å². The first kappa shape index (κ1) is 15.8. The molecule has 0 saturated carbocycles. The zero-order chi connectivity index (χ0) is 16.8. The number of allylic oxidation sites excluding steroid dienone is 1. The number of para-hydroxylation sites is 1. The molecule has 0 aliphatic heterocycles. The summed E-state index contributed by atoms with van der Waals surface area (Å²) in [6.45, 7) is 1.92. The van der Waals surface area contributed by atoms with Crippen molar-refractivity contribution >= 4 is 34.0 Å². The van der Waals surface area contributed by atoms with Crippen LogP contribution < -0.4 is 10.6 Å². The largest absolute Gasteiger partial charge is 0.360 e. The van der Waals surface area contributed by atoms with Gasteiger partial charge in [0.05, 0.1) is 0 Å². The molecule has 3 aromatic rings. The van der Waals surface area contributed by atoms with Gasteiger partial charge in [-0.05, 0) is 43.3 Å². The lowest BCUT2D eigenvalue weighted by Crippen LogP contribution is -1.93. The molecule has 24 heavy (non-hydrogen) atoms. The smallest absolute Gasteiger partial charge is 0.135 e. The number of thiazole rings is 1. The standard InChI is InChI=1S/C19H16N4S/c1-14-13-24-19(22-14)15(11-20)12-21-16-7-9-18(10-8-16)23-17-5-3-2-4-6-17/h2-10,12-13,21,23H,1H3/b15-12+. The van der Waals surface area contributed by atoms with Crippen LogP contribution in [0.3, 0.4) is 0 Å². The molecule has 0 bridgehead atoms. The van der Waals surface area contributed by atoms with Gasteiger partial charge in [-0.1, -0.05) is 18.2 Å². The summed E-state index contributed by atoms with van der Waals surface area (Å²) in [4.78, 5) is 4.33. The van der Waals surface area contributed by atoms with Crippen molar-refractivity contribution in [3.05, 3.63) is 76.9 Å². The van der Waals surface area contributed by atoms with Crippen LogP contribution >= 0.6 is 11.3 Å². The summed E-state index contributed by atoms with van der Waals surface area (Å²) in [5.41, 5.74) is 4.41. The average molecular weight is 332 g/mol. The van der Waals surface area contributed by atoms with E-state index in [1.807, 2.05) is 66.9 Å². The summed E-state index contributed by atoms with van der Waals surface area (Å²) in [7, 11) is 0. The second-order valence-electron chi connectivity index (χ2n) is 5.18. The van der Waals surface area contributed by atoms with E-state index in [4.69, 9.17) is 0 Å². The molecule has 0 radical (unpaired) electrons. The van der Waals surface area contributed by atoms with Crippen molar-refractivity contribution in [2.75, 3.05) is 10.6 Å². The van der Waals surface area contributed by atoms with Crippen LogP contribution in [0.2, 0.25) is 0 Å². The Labute approximate surface area is 145 Å². The summed E-state index contributed by atoms with van der Waals surface area (Å²) < 4.78 is 0. The second kappa shape index (κ2) is 7.44. The first-order chi connectivity index (χ1) is 11.7. The van der Waals surface area contributed by atoms with E-state index >= 15 is 0 Å². The van der Waals surface area contributed by atoms with E-state index in [2.05, 4.69) is 21.7 Å². The Bertz CT molecular complexity index is 874. The van der Waals surface area contributed by atoms with E-state index in [-0.39, 0.29) is 0 Å². The number of anilines is 3. The van der Waals surface area contributed by atoms with Crippen molar-refractivity contribution in [1.29, 1.82) is 5.26 Å². The van der Waals surface area contributed by atoms with Crippen LogP contribution in [0, 0.1) is 18.3 Å². The quantitative estimate of drug-likeness (QED) is 0.633. The molecule has 0 spiro atoms. The summed E-state index contributed by atoms with van der Waals surface area (Å²) in [5, 5.41) is 18.4. The summed E-state index contributed by atoms with van der Waals surface area (Å²) >= 11 is 1.47. The monoisotopic (exact) mass is 332 g/mol. The molecule has 0 aliphatic rings. The summed E-state index contributed by atoms with van der Waals surface area (Å²) in [6.07, 6.45) is 1.69. The molecule has 3 rings (SSSR count). The molecule has 118 valence electrons. The number of benzene rings is 2. The number of nitrogens with one attached hydrogen (secondary N) is 2. The minimum Gasteiger partial charge on any atom is -0.360 e. The Balaban J connectivity index is 1.68. The lowest BCUT2D eigenvalue weighted by Gasteiger charge is -2.07. The van der Waals surface area contributed by atoms with Crippen LogP contribution in [-0.2, 0) is 0 Å². The van der Waals surface area contributed by atoms with E-state index in [0.717, 1.165) is 27.8 Å². The average Bonchev–Trinajstić information content (AvgIpc) is 3.04. The second-order valence-corrected chi connectivity index (χ2v) is 6.03. The first-order valence-electron chi connectivity index (χ1n) is 7.46. The van der Waals surface area contributed by atoms with Crippen molar-refractivity contribution in [3.8, 4) is 6.07 Å². The fraction of sp³-hybridized carbons (Fsp3) is 0.0526. The number of rotatable bonds is 5. The van der Waals surface area contributed by atoms with Gasteiger partial charge >= 0.3 is 0 Å². The molecular weight excluding hydrogens is 316 g/mol. The third kappa shape index (κ3) is 4.00. The molecule has 2 N–H and O–H groups in total. The zero-order valence-corrected chi connectivity index (χ0v) is 14.0. The molecule has 0 unspecified atom stereocenters. The molecule has 0 atom stereocenters. The van der Waals surface area contributed by atoms with Crippen LogP contribution in [0.25, 0.3) is 5.57 Å². The van der Waals surface area contributed by atoms with Crippen molar-refractivity contribution in [3.63, 3.8) is 0 Å². The van der Waals surface area contributed by atoms with Crippen LogP contribution in [0.4, 0.5) is 17.1 Å². The lowest BCUT2D eigenvalue weighted by molar-refractivity contribution is 1.24. The minimum absolute atomic E-state index is 0.527. The summed E-state index contributed by atoms with van der Waals surface area (Å²) in [5.74, 6) is 0. The van der Waals surface area contributed by atoms with E-state index in [9.17, 15) is 5.26 Å². The molecule has 0 fully saturated rings. The maximum absolute atomic E-state index is 9.27. The Kier molecular flexibility index (Phi) is 4.90. The summed E-state index contributed by atoms with van der Waals surface area (Å²) in [6, 6.07) is 20.1. The van der Waals surface area contributed by atoms with E-state index in [0.29, 0.717) is 5.57 Å². The van der Waals surface area contributed by atoms with Crippen LogP contribution in [-0.4, -0.2) is 4.98 Å². The topological polar surface area (TPSA) is 60.7 Å². The Morgan fingerprint density at radius 2 is 1.71 bits per heavy atom. The van der Waals surface area contributed by atoms with Crippen LogP contribution in [0.15, 0.2) is 66.2 Å². The predicted octanol–water partition coefficient (Wildman–Crippen LogP) is 5.17. The molecule has 1 heterocycles. The number of hydrogen-bond acceptors (Lipinski definition) is 5. The number of hydrogen-bond donors (Lipinski definition) is 2. The molecule has 1 aromatic heterocycles. The normalized spacial score (nSPS) is 10.9. The fourth-order valence-corrected chi connectivity index (χ4v) is 2.88. The van der Waals surface area contributed by atoms with Gasteiger partial charge in [0.25, 0.3) is 0 Å². The van der Waals surface area contributed by atoms with Gasteiger partial charge in [0.15, 0.2) is 0 Å². The van der Waals surface area contributed by atoms with Crippen molar-refractivity contribution in [2.24, 2.45) is 0 Å². The number of aromatic nitrogens is 1. The van der Waals surface area contributed by atoms with Crippen molar-refractivity contribution < 1.29 is 0 Å². The van der Waals surface area contributed by atoms with E-state index in [1.54, 1.807) is 6.20 Å². The van der Waals surface area contributed by atoms with Crippen LogP contribution in [0.1, 0.15) is 10.7 Å². The highest BCUT2D eigenvalue weighted by Crippen LogP contribution is 2.21. The number of nitrogens with zero attached hydrogens (tertiary/aromatic N) is 2. The molecule has 0 saturated heterocycles. The predicted molar refractivity (Wildman–Crippen MR) is 100 cm³/mol. The molecular formula is C19H16N4S. The van der Waals surface area contributed by atoms with Crippen molar-refractivity contribution in [2.45, 2.75) is 6.92 Å². The maximum atomic E-state index is 9.27. The fourth-order valence-electron chi connectivity index (χ4n) is 2.11. The van der Waals surface area contributed by atoms with Gasteiger partial charge in [-0.25, -0.2) is 4.98 Å². The molecule has 5 heteroatoms. The highest BCUT2D eigenvalue weighted by atomic mass is 32.1. The molecule has 4 nitrogen and oxygen atoms in total. The molecule has 0 amide bonds. The highest BCUT2D eigenvalue weighted by molar-refractivity contribution is 7.10. The number of nitriles is 1.